The number of anilines is 1. The van der Waals surface area contributed by atoms with Gasteiger partial charge in [-0.1, -0.05) is 18.2 Å². The van der Waals surface area contributed by atoms with Crippen LogP contribution in [0.4, 0.5) is 5.69 Å². The van der Waals surface area contributed by atoms with Gasteiger partial charge in [0.1, 0.15) is 5.75 Å². The summed E-state index contributed by atoms with van der Waals surface area (Å²) >= 11 is 1.17. The number of rotatable bonds is 5. The van der Waals surface area contributed by atoms with Crippen LogP contribution in [0, 0.1) is 5.92 Å². The summed E-state index contributed by atoms with van der Waals surface area (Å²) in [7, 11) is 0. The molecule has 0 radical (unpaired) electrons. The summed E-state index contributed by atoms with van der Waals surface area (Å²) in [5.41, 5.74) is 1.69. The number of carbonyl (C=O) groups is 1. The Morgan fingerprint density at radius 3 is 2.88 bits per heavy atom. The molecule has 1 aromatic carbocycles. The summed E-state index contributed by atoms with van der Waals surface area (Å²) in [5.74, 6) is 1.78. The number of benzene rings is 1. The third kappa shape index (κ3) is 4.28. The number of aromatic nitrogens is 1. The van der Waals surface area contributed by atoms with Crippen molar-refractivity contribution in [3.63, 3.8) is 0 Å². The molecule has 128 valence electrons. The van der Waals surface area contributed by atoms with Gasteiger partial charge in [0, 0.05) is 24.5 Å². The molecule has 1 fully saturated rings. The highest BCUT2D eigenvalue weighted by Crippen LogP contribution is 2.22. The van der Waals surface area contributed by atoms with Crippen LogP contribution in [0.2, 0.25) is 0 Å². The zero-order valence-corrected chi connectivity index (χ0v) is 15.2. The van der Waals surface area contributed by atoms with E-state index in [1.54, 1.807) is 6.20 Å². The maximum Gasteiger partial charge on any atom is 0.279 e. The Hall–Kier alpha value is -1.59. The van der Waals surface area contributed by atoms with Crippen LogP contribution in [0.15, 0.2) is 36.5 Å². The maximum absolute atomic E-state index is 12.7. The molecule has 4 nitrogen and oxygen atoms in total. The second-order valence-corrected chi connectivity index (χ2v) is 8.63. The Bertz CT molecular complexity index is 711. The van der Waals surface area contributed by atoms with Crippen molar-refractivity contribution in [2.24, 2.45) is 5.92 Å². The Morgan fingerprint density at radius 1 is 1.33 bits per heavy atom. The van der Waals surface area contributed by atoms with Gasteiger partial charge in [-0.05, 0) is 50.6 Å². The van der Waals surface area contributed by atoms with Gasteiger partial charge in [0.25, 0.3) is 5.91 Å². The maximum atomic E-state index is 12.7. The van der Waals surface area contributed by atoms with Gasteiger partial charge >= 0.3 is 0 Å². The molecule has 24 heavy (non-hydrogen) atoms. The van der Waals surface area contributed by atoms with Crippen molar-refractivity contribution in [2.75, 3.05) is 24.3 Å². The molecule has 0 saturated carbocycles. The van der Waals surface area contributed by atoms with E-state index in [-0.39, 0.29) is 5.91 Å². The summed E-state index contributed by atoms with van der Waals surface area (Å²) < 4.78 is 4.99. The predicted octanol–water partition coefficient (Wildman–Crippen LogP) is 3.19. The average Bonchev–Trinajstić information content (AvgIpc) is 2.61. The molecule has 0 aliphatic carbocycles. The minimum Gasteiger partial charge on any atom is -0.381 e. The van der Waals surface area contributed by atoms with Crippen LogP contribution in [0.25, 0.3) is 10.9 Å². The highest BCUT2D eigenvalue weighted by Gasteiger charge is 2.37. The number of nitrogens with zero attached hydrogens (tertiary/aromatic N) is 1. The quantitative estimate of drug-likeness (QED) is 0.669. The molecule has 2 aromatic rings. The number of carbonyl (C=O) groups excluding carboxylic acids is 1. The predicted molar refractivity (Wildman–Crippen MR) is 102 cm³/mol. The second kappa shape index (κ2) is 7.53. The fourth-order valence-corrected chi connectivity index (χ4v) is 4.06. The van der Waals surface area contributed by atoms with Crippen LogP contribution in [0.1, 0.15) is 26.7 Å². The van der Waals surface area contributed by atoms with E-state index in [2.05, 4.69) is 10.3 Å². The molecule has 1 saturated heterocycles. The number of para-hydroxylation sites is 1. The lowest BCUT2D eigenvalue weighted by atomic mass is 10.0. The SMILES string of the molecule is CC(C)([SH+]CC1CCOCC1)C(=O)Nc1cnc2ccccc2c1. The lowest BCUT2D eigenvalue weighted by Gasteiger charge is -2.22. The molecule has 0 spiro atoms. The molecule has 1 aliphatic rings. The van der Waals surface area contributed by atoms with E-state index >= 15 is 0 Å². The van der Waals surface area contributed by atoms with Gasteiger partial charge in [-0.2, -0.15) is 0 Å². The van der Waals surface area contributed by atoms with E-state index in [1.165, 1.54) is 11.8 Å². The largest absolute Gasteiger partial charge is 0.381 e. The Labute approximate surface area is 147 Å². The van der Waals surface area contributed by atoms with Crippen molar-refractivity contribution >= 4 is 34.3 Å². The van der Waals surface area contributed by atoms with Crippen molar-refractivity contribution in [2.45, 2.75) is 31.4 Å². The lowest BCUT2D eigenvalue weighted by Crippen LogP contribution is -2.40. The normalized spacial score (nSPS) is 16.2. The number of ether oxygens (including phenoxy) is 1. The fraction of sp³-hybridized carbons (Fsp3) is 0.474. The van der Waals surface area contributed by atoms with Crippen molar-refractivity contribution < 1.29 is 9.53 Å². The summed E-state index contributed by atoms with van der Waals surface area (Å²) in [6.45, 7) is 5.74. The van der Waals surface area contributed by atoms with Gasteiger partial charge in [-0.15, -0.1) is 0 Å². The van der Waals surface area contributed by atoms with Crippen molar-refractivity contribution in [1.82, 2.24) is 4.98 Å². The monoisotopic (exact) mass is 345 g/mol. The number of fused-ring (bicyclic) bond motifs is 1. The van der Waals surface area contributed by atoms with Crippen LogP contribution in [0.3, 0.4) is 0 Å². The van der Waals surface area contributed by atoms with Gasteiger partial charge in [-0.3, -0.25) is 9.78 Å². The lowest BCUT2D eigenvalue weighted by molar-refractivity contribution is -0.117. The minimum absolute atomic E-state index is 0.0494. The summed E-state index contributed by atoms with van der Waals surface area (Å²) in [6, 6.07) is 9.90. The zero-order chi connectivity index (χ0) is 17.0. The summed E-state index contributed by atoms with van der Waals surface area (Å²) in [6.07, 6.45) is 3.95. The Morgan fingerprint density at radius 2 is 2.08 bits per heavy atom. The van der Waals surface area contributed by atoms with Crippen molar-refractivity contribution in [3.8, 4) is 0 Å². The number of amides is 1. The average molecular weight is 345 g/mol. The van der Waals surface area contributed by atoms with Gasteiger partial charge < -0.3 is 10.1 Å². The highest BCUT2D eigenvalue weighted by molar-refractivity contribution is 7.80. The smallest absolute Gasteiger partial charge is 0.279 e. The van der Waals surface area contributed by atoms with Crippen molar-refractivity contribution in [1.29, 1.82) is 0 Å². The third-order valence-corrected chi connectivity index (χ3v) is 6.18. The summed E-state index contributed by atoms with van der Waals surface area (Å²) in [5, 5.41) is 4.06. The van der Waals surface area contributed by atoms with Crippen molar-refractivity contribution in [3.05, 3.63) is 36.5 Å². The molecular weight excluding hydrogens is 320 g/mol. The number of thiol groups is 1. The number of pyridine rings is 1. The molecule has 5 heteroatoms. The van der Waals surface area contributed by atoms with Gasteiger partial charge in [-0.25, -0.2) is 0 Å². The highest BCUT2D eigenvalue weighted by atomic mass is 32.2. The second-order valence-electron chi connectivity index (χ2n) is 6.83. The van der Waals surface area contributed by atoms with E-state index < -0.39 is 4.75 Å². The van der Waals surface area contributed by atoms with E-state index in [1.807, 2.05) is 44.2 Å². The van der Waals surface area contributed by atoms with Gasteiger partial charge in [0.2, 0.25) is 0 Å². The van der Waals surface area contributed by atoms with Crippen LogP contribution in [-0.2, 0) is 21.3 Å². The first-order valence-electron chi connectivity index (χ1n) is 8.47. The van der Waals surface area contributed by atoms with Crippen LogP contribution < -0.4 is 5.32 Å². The third-order valence-electron chi connectivity index (χ3n) is 4.49. The Kier molecular flexibility index (Phi) is 5.41. The molecule has 1 N–H and O–H groups in total. The zero-order valence-electron chi connectivity index (χ0n) is 14.3. The topological polar surface area (TPSA) is 51.2 Å². The van der Waals surface area contributed by atoms with Gasteiger partial charge in [0.15, 0.2) is 4.75 Å². The molecule has 0 atom stereocenters. The molecule has 0 unspecified atom stereocenters. The van der Waals surface area contributed by atoms with Crippen LogP contribution in [0.5, 0.6) is 0 Å². The van der Waals surface area contributed by atoms with Crippen LogP contribution >= 0.6 is 0 Å². The van der Waals surface area contributed by atoms with E-state index in [9.17, 15) is 4.79 Å². The fourth-order valence-electron chi connectivity index (χ4n) is 2.78. The van der Waals surface area contributed by atoms with E-state index in [0.717, 1.165) is 48.4 Å². The first-order chi connectivity index (χ1) is 11.5. The summed E-state index contributed by atoms with van der Waals surface area (Å²) in [4.78, 5) is 17.1. The molecule has 2 heterocycles. The number of nitrogens with one attached hydrogen (secondary N) is 1. The molecule has 1 aliphatic heterocycles. The van der Waals surface area contributed by atoms with E-state index in [0.29, 0.717) is 5.92 Å². The van der Waals surface area contributed by atoms with Gasteiger partial charge in [0.05, 0.1) is 17.4 Å². The number of hydrogen-bond acceptors (Lipinski definition) is 3. The molecule has 0 bridgehead atoms. The first kappa shape index (κ1) is 17.2. The molecule has 3 rings (SSSR count). The Balaban J connectivity index is 1.61. The molecular formula is C19H25N2O2S+. The molecule has 1 amide bonds. The van der Waals surface area contributed by atoms with Crippen LogP contribution in [-0.4, -0.2) is 34.6 Å². The van der Waals surface area contributed by atoms with E-state index in [4.69, 9.17) is 4.74 Å². The minimum atomic E-state index is -0.413. The standard InChI is InChI=1S/C19H24N2O2S/c1-19(2,24-13-14-7-9-23-10-8-14)18(22)21-16-11-15-5-3-4-6-17(15)20-12-16/h3-6,11-12,14H,7-10,13H2,1-2H3,(H,21,22)/p+1. The first-order valence-corrected chi connectivity index (χ1v) is 9.55. The molecule has 1 aromatic heterocycles. The number of hydrogen-bond donors (Lipinski definition) is 1.